The van der Waals surface area contributed by atoms with Crippen molar-refractivity contribution in [2.75, 3.05) is 21.2 Å². The lowest BCUT2D eigenvalue weighted by Gasteiger charge is -2.25. The van der Waals surface area contributed by atoms with Gasteiger partial charge in [-0.05, 0) is 20.8 Å². The summed E-state index contributed by atoms with van der Waals surface area (Å²) in [6.07, 6.45) is -0.980. The van der Waals surface area contributed by atoms with Crippen LogP contribution in [0.2, 0.25) is 0 Å². The van der Waals surface area contributed by atoms with Crippen LogP contribution in [0, 0.1) is 0 Å². The molecule has 0 rings (SSSR count). The second kappa shape index (κ2) is 7.68. The zero-order chi connectivity index (χ0) is 15.9. The Morgan fingerprint density at radius 2 is 1.80 bits per heavy atom. The van der Waals surface area contributed by atoms with E-state index in [0.717, 1.165) is 5.06 Å². The third-order valence-electron chi connectivity index (χ3n) is 2.24. The van der Waals surface area contributed by atoms with Gasteiger partial charge in [-0.3, -0.25) is 14.4 Å². The summed E-state index contributed by atoms with van der Waals surface area (Å²) in [6.45, 7) is 5.09. The average Bonchev–Trinajstić information content (AvgIpc) is 2.33. The monoisotopic (exact) mass is 289 g/mol. The van der Waals surface area contributed by atoms with Gasteiger partial charge in [0.05, 0.1) is 13.5 Å². The predicted molar refractivity (Wildman–Crippen MR) is 71.6 cm³/mol. The van der Waals surface area contributed by atoms with E-state index >= 15 is 0 Å². The smallest absolute Gasteiger partial charge is 0.408 e. The molecule has 0 saturated carbocycles. The molecule has 0 bridgehead atoms. The number of alkyl carbamates (subject to hydrolysis) is 1. The number of carbonyl (C=O) groups excluding carboxylic acids is 3. The van der Waals surface area contributed by atoms with Gasteiger partial charge in [-0.15, -0.1) is 0 Å². The molecule has 0 spiro atoms. The summed E-state index contributed by atoms with van der Waals surface area (Å²) < 4.78 is 5.05. The minimum absolute atomic E-state index is 0.206. The lowest BCUT2D eigenvalue weighted by Crippen LogP contribution is -2.50. The fraction of sp³-hybridized carbons (Fsp3) is 0.750. The highest BCUT2D eigenvalue weighted by atomic mass is 16.7. The summed E-state index contributed by atoms with van der Waals surface area (Å²) in [5, 5.41) is 5.68. The van der Waals surface area contributed by atoms with E-state index in [4.69, 9.17) is 9.57 Å². The quantitative estimate of drug-likeness (QED) is 0.696. The Bertz CT molecular complexity index is 365. The van der Waals surface area contributed by atoms with Crippen LogP contribution in [0.5, 0.6) is 0 Å². The Morgan fingerprint density at radius 3 is 2.20 bits per heavy atom. The molecule has 8 heteroatoms. The van der Waals surface area contributed by atoms with Crippen LogP contribution >= 0.6 is 0 Å². The molecule has 0 unspecified atom stereocenters. The predicted octanol–water partition coefficient (Wildman–Crippen LogP) is 0.0356. The number of nitrogens with one attached hydrogen (secondary N) is 2. The van der Waals surface area contributed by atoms with Crippen LogP contribution in [0.4, 0.5) is 4.79 Å². The molecule has 1 atom stereocenters. The van der Waals surface area contributed by atoms with Crippen LogP contribution in [0.1, 0.15) is 27.2 Å². The third kappa shape index (κ3) is 6.93. The Kier molecular flexibility index (Phi) is 6.98. The van der Waals surface area contributed by atoms with Crippen molar-refractivity contribution < 1.29 is 24.0 Å². The molecule has 0 radical (unpaired) electrons. The van der Waals surface area contributed by atoms with Crippen molar-refractivity contribution in [2.45, 2.75) is 38.8 Å². The maximum absolute atomic E-state index is 12.0. The van der Waals surface area contributed by atoms with E-state index in [0.29, 0.717) is 0 Å². The molecule has 0 aromatic rings. The molecule has 0 saturated heterocycles. The van der Waals surface area contributed by atoms with Crippen molar-refractivity contribution in [3.05, 3.63) is 0 Å². The van der Waals surface area contributed by atoms with Crippen molar-refractivity contribution in [1.29, 1.82) is 0 Å². The SMILES string of the molecule is CNC(=O)C[C@@H](NC(=O)OC(C)(C)C)C(=O)N(C)OC. The highest BCUT2D eigenvalue weighted by molar-refractivity contribution is 5.90. The summed E-state index contributed by atoms with van der Waals surface area (Å²) in [7, 11) is 4.13. The van der Waals surface area contributed by atoms with Gasteiger partial charge in [0.2, 0.25) is 5.91 Å². The first-order chi connectivity index (χ1) is 9.10. The van der Waals surface area contributed by atoms with Gasteiger partial charge in [-0.2, -0.15) is 0 Å². The van der Waals surface area contributed by atoms with Gasteiger partial charge in [-0.25, -0.2) is 9.86 Å². The molecule has 8 nitrogen and oxygen atoms in total. The van der Waals surface area contributed by atoms with Gasteiger partial charge in [-0.1, -0.05) is 0 Å². The molecule has 116 valence electrons. The molecule has 0 fully saturated rings. The Hall–Kier alpha value is -1.83. The van der Waals surface area contributed by atoms with Crippen LogP contribution in [-0.2, 0) is 19.2 Å². The van der Waals surface area contributed by atoms with E-state index in [1.807, 2.05) is 0 Å². The topological polar surface area (TPSA) is 97.0 Å². The molecule has 2 N–H and O–H groups in total. The first-order valence-corrected chi connectivity index (χ1v) is 6.12. The lowest BCUT2D eigenvalue weighted by molar-refractivity contribution is -0.171. The molecule has 0 aromatic heterocycles. The number of nitrogens with zero attached hydrogens (tertiary/aromatic N) is 1. The highest BCUT2D eigenvalue weighted by Gasteiger charge is 2.28. The minimum Gasteiger partial charge on any atom is -0.444 e. The number of likely N-dealkylation sites (N-methyl/N-ethyl adjacent to an activating group) is 1. The molecule has 0 aliphatic carbocycles. The second-order valence-electron chi connectivity index (χ2n) is 5.09. The van der Waals surface area contributed by atoms with Crippen molar-refractivity contribution in [3.63, 3.8) is 0 Å². The van der Waals surface area contributed by atoms with E-state index < -0.39 is 23.6 Å². The molecular formula is C12H23N3O5. The molecule has 3 amide bonds. The molecule has 20 heavy (non-hydrogen) atoms. The van der Waals surface area contributed by atoms with Crippen LogP contribution < -0.4 is 10.6 Å². The Balaban J connectivity index is 4.81. The molecular weight excluding hydrogens is 266 g/mol. The summed E-state index contributed by atoms with van der Waals surface area (Å²) in [5.74, 6) is -0.939. The summed E-state index contributed by atoms with van der Waals surface area (Å²) in [6, 6.07) is -1.06. The number of amides is 3. The third-order valence-corrected chi connectivity index (χ3v) is 2.24. The first kappa shape index (κ1) is 18.2. The normalized spacial score (nSPS) is 12.3. The molecule has 0 heterocycles. The second-order valence-corrected chi connectivity index (χ2v) is 5.09. The Morgan fingerprint density at radius 1 is 1.25 bits per heavy atom. The number of ether oxygens (including phenoxy) is 1. The fourth-order valence-electron chi connectivity index (χ4n) is 1.25. The van der Waals surface area contributed by atoms with E-state index in [1.54, 1.807) is 20.8 Å². The van der Waals surface area contributed by atoms with E-state index in [-0.39, 0.29) is 12.3 Å². The maximum atomic E-state index is 12.0. The number of hydroxylamine groups is 2. The van der Waals surface area contributed by atoms with Crippen molar-refractivity contribution in [2.24, 2.45) is 0 Å². The van der Waals surface area contributed by atoms with Crippen molar-refractivity contribution in [3.8, 4) is 0 Å². The van der Waals surface area contributed by atoms with Crippen LogP contribution in [0.3, 0.4) is 0 Å². The summed E-state index contributed by atoms with van der Waals surface area (Å²) in [4.78, 5) is 39.8. The first-order valence-electron chi connectivity index (χ1n) is 6.12. The number of carbonyl (C=O) groups is 3. The van der Waals surface area contributed by atoms with Gasteiger partial charge in [0, 0.05) is 14.1 Å². The summed E-state index contributed by atoms with van der Waals surface area (Å²) in [5.41, 5.74) is -0.697. The zero-order valence-corrected chi connectivity index (χ0v) is 12.8. The van der Waals surface area contributed by atoms with Gasteiger partial charge in [0.25, 0.3) is 5.91 Å². The average molecular weight is 289 g/mol. The highest BCUT2D eigenvalue weighted by Crippen LogP contribution is 2.08. The van der Waals surface area contributed by atoms with Gasteiger partial charge < -0.3 is 15.4 Å². The van der Waals surface area contributed by atoms with Crippen LogP contribution in [0.25, 0.3) is 0 Å². The largest absolute Gasteiger partial charge is 0.444 e. The van der Waals surface area contributed by atoms with Gasteiger partial charge in [0.15, 0.2) is 0 Å². The van der Waals surface area contributed by atoms with Gasteiger partial charge in [0.1, 0.15) is 11.6 Å². The van der Waals surface area contributed by atoms with Crippen molar-refractivity contribution >= 4 is 17.9 Å². The summed E-state index contributed by atoms with van der Waals surface area (Å²) >= 11 is 0. The standard InChI is InChI=1S/C12H23N3O5/c1-12(2,3)20-11(18)14-8(7-9(16)13-4)10(17)15(5)19-6/h8H,7H2,1-6H3,(H,13,16)(H,14,18)/t8-/m1/s1. The van der Waals surface area contributed by atoms with Gasteiger partial charge >= 0.3 is 6.09 Å². The maximum Gasteiger partial charge on any atom is 0.408 e. The number of hydrogen-bond acceptors (Lipinski definition) is 5. The fourth-order valence-corrected chi connectivity index (χ4v) is 1.25. The van der Waals surface area contributed by atoms with Crippen LogP contribution in [-0.4, -0.2) is 55.8 Å². The van der Waals surface area contributed by atoms with E-state index in [2.05, 4.69) is 10.6 Å². The molecule has 0 aliphatic rings. The van der Waals surface area contributed by atoms with E-state index in [1.165, 1.54) is 21.2 Å². The van der Waals surface area contributed by atoms with Crippen molar-refractivity contribution in [1.82, 2.24) is 15.7 Å². The molecule has 0 aliphatic heterocycles. The zero-order valence-electron chi connectivity index (χ0n) is 12.8. The minimum atomic E-state index is -1.06. The lowest BCUT2D eigenvalue weighted by atomic mass is 10.2. The van der Waals surface area contributed by atoms with E-state index in [9.17, 15) is 14.4 Å². The van der Waals surface area contributed by atoms with Crippen LogP contribution in [0.15, 0.2) is 0 Å². The Labute approximate surface area is 118 Å². The number of rotatable bonds is 5. The molecule has 0 aromatic carbocycles. The number of hydrogen-bond donors (Lipinski definition) is 2.